The summed E-state index contributed by atoms with van der Waals surface area (Å²) in [6.45, 7) is 7.11. The summed E-state index contributed by atoms with van der Waals surface area (Å²) in [6.07, 6.45) is 0.351. The van der Waals surface area contributed by atoms with E-state index in [-0.39, 0.29) is 29.1 Å². The number of anilines is 1. The van der Waals surface area contributed by atoms with Gasteiger partial charge in [0.05, 0.1) is 24.8 Å². The number of ether oxygens (including phenoxy) is 2. The standard InChI is InChI=1S/C31H39N3O6S/c1-7-27(31(36)32-22(2)3)33(20-24-13-11-12-23(4)18-24)30(35)21-34(25-14-9-8-10-15-25)41(37,38)26-16-17-28(39-5)29(19-26)40-6/h8-19,22,27H,7,20-21H2,1-6H3,(H,32,36)/t27-/m1/s1. The summed E-state index contributed by atoms with van der Waals surface area (Å²) in [5, 5.41) is 2.90. The maximum atomic E-state index is 14.1. The molecule has 41 heavy (non-hydrogen) atoms. The summed E-state index contributed by atoms with van der Waals surface area (Å²) in [5.74, 6) is -0.187. The van der Waals surface area contributed by atoms with Crippen LogP contribution in [0.3, 0.4) is 0 Å². The molecule has 0 heterocycles. The molecule has 0 unspecified atom stereocenters. The molecule has 2 amide bonds. The summed E-state index contributed by atoms with van der Waals surface area (Å²) in [4.78, 5) is 28.7. The zero-order valence-corrected chi connectivity index (χ0v) is 25.3. The Morgan fingerprint density at radius 2 is 1.59 bits per heavy atom. The van der Waals surface area contributed by atoms with Crippen LogP contribution in [0, 0.1) is 6.92 Å². The first-order valence-electron chi connectivity index (χ1n) is 13.5. The van der Waals surface area contributed by atoms with Crippen LogP contribution in [0.25, 0.3) is 0 Å². The second-order valence-electron chi connectivity index (χ2n) is 9.96. The lowest BCUT2D eigenvalue weighted by Gasteiger charge is -2.33. The summed E-state index contributed by atoms with van der Waals surface area (Å²) in [5.41, 5.74) is 2.16. The normalized spacial score (nSPS) is 12.0. The molecule has 0 aliphatic heterocycles. The SMILES string of the molecule is CC[C@H](C(=O)NC(C)C)N(Cc1cccc(C)c1)C(=O)CN(c1ccccc1)S(=O)(=O)c1ccc(OC)c(OC)c1. The molecule has 0 saturated carbocycles. The van der Waals surface area contributed by atoms with Gasteiger partial charge in [-0.1, -0.05) is 55.0 Å². The van der Waals surface area contributed by atoms with Crippen molar-refractivity contribution in [3.8, 4) is 11.5 Å². The van der Waals surface area contributed by atoms with Gasteiger partial charge < -0.3 is 19.7 Å². The lowest BCUT2D eigenvalue weighted by molar-refractivity contribution is -0.140. The number of amides is 2. The van der Waals surface area contributed by atoms with E-state index in [1.165, 1.54) is 37.3 Å². The first-order chi connectivity index (χ1) is 19.5. The fourth-order valence-corrected chi connectivity index (χ4v) is 5.96. The Labute approximate surface area is 243 Å². The van der Waals surface area contributed by atoms with Crippen LogP contribution >= 0.6 is 0 Å². The molecule has 0 saturated heterocycles. The largest absolute Gasteiger partial charge is 0.493 e. The van der Waals surface area contributed by atoms with Gasteiger partial charge in [-0.3, -0.25) is 13.9 Å². The number of hydrogen-bond donors (Lipinski definition) is 1. The van der Waals surface area contributed by atoms with E-state index in [1.807, 2.05) is 52.0 Å². The third-order valence-corrected chi connectivity index (χ3v) is 8.29. The van der Waals surface area contributed by atoms with Crippen LogP contribution in [0.5, 0.6) is 11.5 Å². The number of para-hydroxylation sites is 1. The van der Waals surface area contributed by atoms with Crippen molar-refractivity contribution in [1.29, 1.82) is 0 Å². The number of carbonyl (C=O) groups is 2. The number of carbonyl (C=O) groups excluding carboxylic acids is 2. The van der Waals surface area contributed by atoms with E-state index in [2.05, 4.69) is 5.32 Å². The molecule has 220 valence electrons. The molecule has 0 spiro atoms. The third-order valence-electron chi connectivity index (χ3n) is 6.52. The minimum Gasteiger partial charge on any atom is -0.493 e. The molecule has 0 radical (unpaired) electrons. The van der Waals surface area contributed by atoms with Gasteiger partial charge in [-0.2, -0.15) is 0 Å². The van der Waals surface area contributed by atoms with E-state index in [1.54, 1.807) is 30.3 Å². The number of nitrogens with one attached hydrogen (secondary N) is 1. The fraction of sp³-hybridized carbons (Fsp3) is 0.355. The fourth-order valence-electron chi connectivity index (χ4n) is 4.53. The van der Waals surface area contributed by atoms with Crippen molar-refractivity contribution in [3.63, 3.8) is 0 Å². The van der Waals surface area contributed by atoms with Crippen LogP contribution in [0.4, 0.5) is 5.69 Å². The quantitative estimate of drug-likeness (QED) is 0.318. The highest BCUT2D eigenvalue weighted by Gasteiger charge is 2.34. The van der Waals surface area contributed by atoms with Crippen molar-refractivity contribution in [1.82, 2.24) is 10.2 Å². The highest BCUT2D eigenvalue weighted by atomic mass is 32.2. The van der Waals surface area contributed by atoms with Crippen LogP contribution < -0.4 is 19.1 Å². The number of rotatable bonds is 13. The topological polar surface area (TPSA) is 105 Å². The van der Waals surface area contributed by atoms with Gasteiger partial charge in [-0.15, -0.1) is 0 Å². The Morgan fingerprint density at radius 1 is 0.902 bits per heavy atom. The summed E-state index contributed by atoms with van der Waals surface area (Å²) >= 11 is 0. The maximum Gasteiger partial charge on any atom is 0.264 e. The molecule has 3 rings (SSSR count). The minimum absolute atomic E-state index is 0.0679. The first-order valence-corrected chi connectivity index (χ1v) is 14.9. The van der Waals surface area contributed by atoms with Gasteiger partial charge in [0, 0.05) is 18.7 Å². The van der Waals surface area contributed by atoms with Gasteiger partial charge >= 0.3 is 0 Å². The number of methoxy groups -OCH3 is 2. The number of nitrogens with zero attached hydrogens (tertiary/aromatic N) is 2. The van der Waals surface area contributed by atoms with Crippen molar-refractivity contribution in [3.05, 3.63) is 83.9 Å². The van der Waals surface area contributed by atoms with Crippen molar-refractivity contribution >= 4 is 27.5 Å². The van der Waals surface area contributed by atoms with E-state index in [4.69, 9.17) is 9.47 Å². The average molecular weight is 582 g/mol. The molecule has 3 aromatic rings. The molecule has 3 aromatic carbocycles. The number of aryl methyl sites for hydroxylation is 1. The average Bonchev–Trinajstić information content (AvgIpc) is 2.95. The van der Waals surface area contributed by atoms with Crippen molar-refractivity contribution in [2.45, 2.75) is 57.6 Å². The predicted molar refractivity (Wildman–Crippen MR) is 160 cm³/mol. The molecule has 1 atom stereocenters. The zero-order valence-electron chi connectivity index (χ0n) is 24.5. The molecule has 0 aliphatic rings. The maximum absolute atomic E-state index is 14.1. The van der Waals surface area contributed by atoms with Crippen LogP contribution in [-0.4, -0.2) is 58.0 Å². The van der Waals surface area contributed by atoms with Gasteiger partial charge in [0.2, 0.25) is 11.8 Å². The third kappa shape index (κ3) is 7.79. The van der Waals surface area contributed by atoms with Crippen molar-refractivity contribution < 1.29 is 27.5 Å². The highest BCUT2D eigenvalue weighted by molar-refractivity contribution is 7.92. The Kier molecular flexibility index (Phi) is 10.8. The van der Waals surface area contributed by atoms with Gasteiger partial charge in [0.15, 0.2) is 11.5 Å². The van der Waals surface area contributed by atoms with Gasteiger partial charge in [-0.05, 0) is 57.0 Å². The Bertz CT molecular complexity index is 1440. The van der Waals surface area contributed by atoms with Crippen LogP contribution in [0.1, 0.15) is 38.3 Å². The number of sulfonamides is 1. The molecule has 0 aromatic heterocycles. The molecule has 0 fully saturated rings. The Hall–Kier alpha value is -4.05. The number of benzene rings is 3. The zero-order chi connectivity index (χ0) is 30.2. The number of hydrogen-bond acceptors (Lipinski definition) is 6. The van der Waals surface area contributed by atoms with Crippen LogP contribution in [0.2, 0.25) is 0 Å². The summed E-state index contributed by atoms with van der Waals surface area (Å²) in [7, 11) is -1.36. The predicted octanol–water partition coefficient (Wildman–Crippen LogP) is 4.54. The lowest BCUT2D eigenvalue weighted by Crippen LogP contribution is -2.53. The lowest BCUT2D eigenvalue weighted by atomic mass is 10.1. The Morgan fingerprint density at radius 3 is 2.17 bits per heavy atom. The van der Waals surface area contributed by atoms with E-state index < -0.39 is 28.5 Å². The molecular weight excluding hydrogens is 542 g/mol. The van der Waals surface area contributed by atoms with Crippen molar-refractivity contribution in [2.75, 3.05) is 25.1 Å². The summed E-state index contributed by atoms with van der Waals surface area (Å²) in [6, 6.07) is 19.4. The first kappa shape index (κ1) is 31.5. The highest BCUT2D eigenvalue weighted by Crippen LogP contribution is 2.32. The van der Waals surface area contributed by atoms with E-state index in [0.29, 0.717) is 17.9 Å². The molecule has 0 aliphatic carbocycles. The van der Waals surface area contributed by atoms with Crippen LogP contribution in [0.15, 0.2) is 77.7 Å². The van der Waals surface area contributed by atoms with E-state index >= 15 is 0 Å². The monoisotopic (exact) mass is 581 g/mol. The van der Waals surface area contributed by atoms with Gasteiger partial charge in [0.25, 0.3) is 10.0 Å². The van der Waals surface area contributed by atoms with E-state index in [9.17, 15) is 18.0 Å². The minimum atomic E-state index is -4.24. The molecule has 10 heteroatoms. The summed E-state index contributed by atoms with van der Waals surface area (Å²) < 4.78 is 39.8. The molecule has 0 bridgehead atoms. The van der Waals surface area contributed by atoms with E-state index in [0.717, 1.165) is 15.4 Å². The molecular formula is C31H39N3O6S. The smallest absolute Gasteiger partial charge is 0.264 e. The van der Waals surface area contributed by atoms with Crippen molar-refractivity contribution in [2.24, 2.45) is 0 Å². The van der Waals surface area contributed by atoms with Gasteiger partial charge in [0.1, 0.15) is 12.6 Å². The second-order valence-corrected chi connectivity index (χ2v) is 11.8. The Balaban J connectivity index is 2.08. The molecule has 9 nitrogen and oxygen atoms in total. The van der Waals surface area contributed by atoms with Crippen LogP contribution in [-0.2, 0) is 26.2 Å². The van der Waals surface area contributed by atoms with Gasteiger partial charge in [-0.25, -0.2) is 8.42 Å². The second kappa shape index (κ2) is 14.0. The molecule has 1 N–H and O–H groups in total.